The molecule has 3 N–H and O–H groups in total. The maximum absolute atomic E-state index is 15.2. The molecule has 8 amide bonds. The second-order valence-electron chi connectivity index (χ2n) is 21.9. The number of amides is 8. The maximum Gasteiger partial charge on any atom is 0.326 e. The molecule has 414 valence electrons. The second-order valence-corrected chi connectivity index (χ2v) is 21.9. The summed E-state index contributed by atoms with van der Waals surface area (Å²) in [5, 5.41) is 8.80. The number of carbonyl (C=O) groups excluding carboxylic acids is 9. The molecule has 2 fully saturated rings. The van der Waals surface area contributed by atoms with Gasteiger partial charge in [0.05, 0.1) is 0 Å². The summed E-state index contributed by atoms with van der Waals surface area (Å²) < 4.78 is 5.91. The lowest BCUT2D eigenvalue weighted by Gasteiger charge is -2.37. The van der Waals surface area contributed by atoms with Crippen LogP contribution in [-0.4, -0.2) is 167 Å². The molecule has 2 aliphatic rings. The normalized spacial score (nSPS) is 26.0. The van der Waals surface area contributed by atoms with Crippen molar-refractivity contribution in [3.05, 3.63) is 71.8 Å². The molecule has 18 nitrogen and oxygen atoms in total. The first-order chi connectivity index (χ1) is 35.3. The number of esters is 1. The van der Waals surface area contributed by atoms with Gasteiger partial charge in [-0.2, -0.15) is 0 Å². The largest absolute Gasteiger partial charge is 0.451 e. The Morgan fingerprint density at radius 2 is 1.07 bits per heavy atom. The summed E-state index contributed by atoms with van der Waals surface area (Å²) in [5.41, 5.74) is 1.46. The lowest BCUT2D eigenvalue weighted by molar-refractivity contribution is -0.167. The van der Waals surface area contributed by atoms with Gasteiger partial charge in [0.15, 0.2) is 6.10 Å². The van der Waals surface area contributed by atoms with Crippen LogP contribution in [0.1, 0.15) is 112 Å². The number of nitrogens with zero attached hydrogens (tertiary/aromatic N) is 5. The van der Waals surface area contributed by atoms with Gasteiger partial charge in [-0.05, 0) is 60.5 Å². The van der Waals surface area contributed by atoms with E-state index in [2.05, 4.69) is 16.0 Å². The molecule has 18 heteroatoms. The van der Waals surface area contributed by atoms with Crippen LogP contribution in [-0.2, 0) is 60.7 Å². The lowest BCUT2D eigenvalue weighted by atomic mass is 9.94. The predicted octanol–water partition coefficient (Wildman–Crippen LogP) is 4.23. The van der Waals surface area contributed by atoms with Crippen molar-refractivity contribution >= 4 is 53.2 Å². The number of rotatable bonds is 12. The van der Waals surface area contributed by atoms with Gasteiger partial charge in [0.1, 0.15) is 48.8 Å². The van der Waals surface area contributed by atoms with Crippen LogP contribution >= 0.6 is 0 Å². The van der Waals surface area contributed by atoms with Crippen molar-refractivity contribution < 1.29 is 47.9 Å². The highest BCUT2D eigenvalue weighted by Crippen LogP contribution is 2.26. The molecule has 4 rings (SSSR count). The van der Waals surface area contributed by atoms with E-state index < -0.39 is 132 Å². The average Bonchev–Trinajstić information content (AvgIpc) is 3.87. The van der Waals surface area contributed by atoms with E-state index in [1.54, 1.807) is 34.6 Å². The minimum absolute atomic E-state index is 0.0227. The zero-order chi connectivity index (χ0) is 56.0. The zero-order valence-electron chi connectivity index (χ0n) is 47.0. The Kier molecular flexibility index (Phi) is 22.8. The van der Waals surface area contributed by atoms with E-state index in [0.717, 1.165) is 10.5 Å². The minimum atomic E-state index is -1.37. The Bertz CT molecular complexity index is 2290. The molecule has 0 aliphatic carbocycles. The molecule has 0 saturated carbocycles. The van der Waals surface area contributed by atoms with Crippen molar-refractivity contribution in [2.24, 2.45) is 29.6 Å². The first-order valence-corrected chi connectivity index (χ1v) is 26.9. The van der Waals surface area contributed by atoms with Gasteiger partial charge in [-0.1, -0.05) is 136 Å². The minimum Gasteiger partial charge on any atom is -0.451 e. The molecular weight excluding hydrogens is 957 g/mol. The van der Waals surface area contributed by atoms with Crippen LogP contribution in [0.15, 0.2) is 60.7 Å². The van der Waals surface area contributed by atoms with Crippen LogP contribution < -0.4 is 16.0 Å². The number of benzene rings is 2. The number of nitrogens with one attached hydrogen (secondary N) is 3. The molecule has 2 aromatic carbocycles. The summed E-state index contributed by atoms with van der Waals surface area (Å²) in [6, 6.07) is 10.3. The molecule has 2 saturated heterocycles. The Morgan fingerprint density at radius 1 is 0.560 bits per heavy atom. The van der Waals surface area contributed by atoms with Gasteiger partial charge < -0.3 is 45.2 Å². The topological polar surface area (TPSA) is 215 Å². The van der Waals surface area contributed by atoms with E-state index in [0.29, 0.717) is 24.8 Å². The van der Waals surface area contributed by atoms with Crippen LogP contribution in [0.2, 0.25) is 0 Å². The van der Waals surface area contributed by atoms with Crippen LogP contribution in [0, 0.1) is 29.6 Å². The standard InChI is InChI=1S/C57H86N8O10/c1-15-37(9)46-56(73)63(13)47(35(5)6)51(68)58-41(30-34(3)4)53(70)61(11)33-45(66)75-49(38(10)16-2)57(74)64(14)48(36(7)8)52(69)59-42(31-39-24-19-17-20-25-39)54(71)62(12)44(32-40-26-21-18-22-27-40)55(72)65-29-23-28-43(65)50(67)60-46/h17-22,24-27,34-38,41-44,46-49H,15-16,23,28-33H2,1-14H3,(H,58,68)(H,59,69)(H,60,67)/t37-,38-,41+,42+,43+,44+,46+,47+,48+,49-/m1/s1. The highest BCUT2D eigenvalue weighted by Gasteiger charge is 2.45. The first-order valence-electron chi connectivity index (χ1n) is 26.9. The number of hydrogen-bond donors (Lipinski definition) is 3. The van der Waals surface area contributed by atoms with Gasteiger partial charge in [0.25, 0.3) is 5.91 Å². The fourth-order valence-corrected chi connectivity index (χ4v) is 10.2. The molecule has 0 radical (unpaired) electrons. The van der Waals surface area contributed by atoms with Crippen molar-refractivity contribution in [3.63, 3.8) is 0 Å². The van der Waals surface area contributed by atoms with Crippen molar-refractivity contribution in [3.8, 4) is 0 Å². The van der Waals surface area contributed by atoms with Crippen molar-refractivity contribution in [2.45, 2.75) is 163 Å². The van der Waals surface area contributed by atoms with E-state index >= 15 is 9.59 Å². The monoisotopic (exact) mass is 1040 g/mol. The number of hydrogen-bond acceptors (Lipinski definition) is 10. The van der Waals surface area contributed by atoms with E-state index in [1.807, 2.05) is 95.3 Å². The number of likely N-dealkylation sites (N-methyl/N-ethyl adjacent to an activating group) is 4. The molecule has 75 heavy (non-hydrogen) atoms. The van der Waals surface area contributed by atoms with Gasteiger partial charge >= 0.3 is 5.97 Å². The van der Waals surface area contributed by atoms with E-state index in [1.165, 1.54) is 47.8 Å². The Balaban J connectivity index is 1.91. The number of cyclic esters (lactones) is 1. The molecule has 0 aromatic heterocycles. The van der Waals surface area contributed by atoms with Crippen molar-refractivity contribution in [1.82, 2.24) is 40.4 Å². The van der Waals surface area contributed by atoms with Gasteiger partial charge in [-0.3, -0.25) is 43.2 Å². The summed E-state index contributed by atoms with van der Waals surface area (Å²) in [6.45, 7) is 17.7. The van der Waals surface area contributed by atoms with E-state index in [-0.39, 0.29) is 38.1 Å². The van der Waals surface area contributed by atoms with E-state index in [4.69, 9.17) is 4.74 Å². The third kappa shape index (κ3) is 15.9. The quantitative estimate of drug-likeness (QED) is 0.257. The van der Waals surface area contributed by atoms with Crippen molar-refractivity contribution in [2.75, 3.05) is 41.3 Å². The fourth-order valence-electron chi connectivity index (χ4n) is 10.2. The first kappa shape index (κ1) is 61.2. The number of carbonyl (C=O) groups is 9. The van der Waals surface area contributed by atoms with Crippen LogP contribution in [0.5, 0.6) is 0 Å². The molecule has 0 bridgehead atoms. The van der Waals surface area contributed by atoms with Gasteiger partial charge in [0.2, 0.25) is 41.4 Å². The molecule has 2 heterocycles. The van der Waals surface area contributed by atoms with Crippen LogP contribution in [0.25, 0.3) is 0 Å². The Morgan fingerprint density at radius 3 is 1.57 bits per heavy atom. The number of ether oxygens (including phenoxy) is 1. The van der Waals surface area contributed by atoms with Crippen molar-refractivity contribution in [1.29, 1.82) is 0 Å². The summed E-state index contributed by atoms with van der Waals surface area (Å²) in [7, 11) is 5.83. The van der Waals surface area contributed by atoms with Gasteiger partial charge in [-0.25, -0.2) is 0 Å². The Hall–Kier alpha value is -6.33. The van der Waals surface area contributed by atoms with Crippen LogP contribution in [0.3, 0.4) is 0 Å². The highest BCUT2D eigenvalue weighted by molar-refractivity contribution is 5.99. The summed E-state index contributed by atoms with van der Waals surface area (Å²) in [4.78, 5) is 138. The maximum atomic E-state index is 15.2. The molecule has 10 atom stereocenters. The van der Waals surface area contributed by atoms with Crippen LogP contribution in [0.4, 0.5) is 0 Å². The Labute approximate surface area is 445 Å². The summed E-state index contributed by atoms with van der Waals surface area (Å²) >= 11 is 0. The molecule has 2 aromatic rings. The van der Waals surface area contributed by atoms with E-state index in [9.17, 15) is 33.6 Å². The predicted molar refractivity (Wildman–Crippen MR) is 286 cm³/mol. The molecule has 0 unspecified atom stereocenters. The average molecular weight is 1040 g/mol. The fraction of sp³-hybridized carbons (Fsp3) is 0.632. The molecular formula is C57H86N8O10. The van der Waals surface area contributed by atoms with Gasteiger partial charge in [0, 0.05) is 53.5 Å². The highest BCUT2D eigenvalue weighted by atomic mass is 16.5. The molecule has 0 spiro atoms. The third-order valence-electron chi connectivity index (χ3n) is 14.9. The zero-order valence-corrected chi connectivity index (χ0v) is 47.0. The summed E-state index contributed by atoms with van der Waals surface area (Å²) in [6.07, 6.45) is 0.540. The summed E-state index contributed by atoms with van der Waals surface area (Å²) in [5.74, 6) is -7.63. The SMILES string of the molecule is CC[C@@H](C)[C@@H]1NC(=O)[C@@H]2CCCN2C(=O)[C@H](Cc2ccccc2)N(C)C(=O)[C@H](Cc2ccccc2)NC(=O)[C@H](C(C)C)N(C)C(=O)[C@@H]([C@H](C)CC)OC(=O)CN(C)C(=O)[C@H](CC(C)C)NC(=O)[C@H](C(C)C)N(C)C1=O. The van der Waals surface area contributed by atoms with Gasteiger partial charge in [-0.15, -0.1) is 0 Å². The molecule has 2 aliphatic heterocycles. The number of fused-ring (bicyclic) bond motifs is 1. The smallest absolute Gasteiger partial charge is 0.326 e. The lowest BCUT2D eigenvalue weighted by Crippen LogP contribution is -2.62. The second kappa shape index (κ2) is 28.0. The third-order valence-corrected chi connectivity index (χ3v) is 14.9.